The van der Waals surface area contributed by atoms with Crippen LogP contribution in [0.3, 0.4) is 0 Å². The van der Waals surface area contributed by atoms with E-state index >= 15 is 0 Å². The Morgan fingerprint density at radius 2 is 1.02 bits per heavy atom. The van der Waals surface area contributed by atoms with Crippen LogP contribution in [0, 0.1) is 0 Å². The van der Waals surface area contributed by atoms with E-state index in [-0.39, 0.29) is 6.17 Å². The summed E-state index contributed by atoms with van der Waals surface area (Å²) in [5.41, 5.74) is 18.0. The highest BCUT2D eigenvalue weighted by Gasteiger charge is 2.54. The number of benzene rings is 8. The highest BCUT2D eigenvalue weighted by molar-refractivity contribution is 5.99. The summed E-state index contributed by atoms with van der Waals surface area (Å²) < 4.78 is 0. The molecule has 1 spiro atoms. The average molecular weight is 678 g/mol. The fourth-order valence-corrected chi connectivity index (χ4v) is 9.28. The standard InChI is InChI=1S/C50H35N3/c1-4-15-34(16-5-1)35-27-29-38(30-28-35)52(37-19-8-3-9-20-37)39-31-32-41-40-21-10-11-22-42(40)50(45(41)33-39)43-23-12-13-26-47(43)53-48-44(50)24-14-25-46(48)51-49(53)36-17-6-2-7-18-36/h1-33,49,51H. The molecule has 0 radical (unpaired) electrons. The van der Waals surface area contributed by atoms with Crippen LogP contribution in [0.5, 0.6) is 0 Å². The monoisotopic (exact) mass is 677 g/mol. The fourth-order valence-electron chi connectivity index (χ4n) is 9.28. The number of nitrogens with zero attached hydrogens (tertiary/aromatic N) is 2. The van der Waals surface area contributed by atoms with Crippen LogP contribution < -0.4 is 15.1 Å². The summed E-state index contributed by atoms with van der Waals surface area (Å²) in [7, 11) is 0. The van der Waals surface area contributed by atoms with Crippen molar-refractivity contribution in [2.45, 2.75) is 11.6 Å². The summed E-state index contributed by atoms with van der Waals surface area (Å²) in [5.74, 6) is 0. The first-order valence-electron chi connectivity index (χ1n) is 18.4. The molecular weight excluding hydrogens is 643 g/mol. The second-order valence-electron chi connectivity index (χ2n) is 14.2. The van der Waals surface area contributed by atoms with Crippen LogP contribution in [0.4, 0.5) is 34.1 Å². The Balaban J connectivity index is 1.15. The van der Waals surface area contributed by atoms with Crippen molar-refractivity contribution in [3.05, 3.63) is 228 Å². The zero-order chi connectivity index (χ0) is 34.9. The van der Waals surface area contributed by atoms with Gasteiger partial charge in [0.25, 0.3) is 0 Å². The highest BCUT2D eigenvalue weighted by atomic mass is 15.3. The summed E-state index contributed by atoms with van der Waals surface area (Å²) in [4.78, 5) is 4.94. The Morgan fingerprint density at radius 3 is 1.81 bits per heavy atom. The normalized spacial score (nSPS) is 17.1. The maximum atomic E-state index is 3.93. The van der Waals surface area contributed by atoms with E-state index in [1.54, 1.807) is 0 Å². The van der Waals surface area contributed by atoms with E-state index in [9.17, 15) is 0 Å². The van der Waals surface area contributed by atoms with E-state index in [0.29, 0.717) is 0 Å². The first-order chi connectivity index (χ1) is 26.3. The molecule has 8 aromatic rings. The molecule has 2 heterocycles. The molecule has 0 fully saturated rings. The molecule has 250 valence electrons. The van der Waals surface area contributed by atoms with E-state index in [1.807, 2.05) is 0 Å². The van der Waals surface area contributed by atoms with Crippen molar-refractivity contribution in [1.29, 1.82) is 0 Å². The summed E-state index contributed by atoms with van der Waals surface area (Å²) in [6, 6.07) is 73.3. The van der Waals surface area contributed by atoms with Crippen LogP contribution in [0.2, 0.25) is 0 Å². The maximum absolute atomic E-state index is 3.93. The number of rotatable bonds is 5. The van der Waals surface area contributed by atoms with Gasteiger partial charge in [0.1, 0.15) is 6.17 Å². The second-order valence-corrected chi connectivity index (χ2v) is 14.2. The van der Waals surface area contributed by atoms with Gasteiger partial charge in [0.15, 0.2) is 0 Å². The van der Waals surface area contributed by atoms with Crippen molar-refractivity contribution in [2.24, 2.45) is 0 Å². The predicted octanol–water partition coefficient (Wildman–Crippen LogP) is 12.8. The van der Waals surface area contributed by atoms with Crippen molar-refractivity contribution in [3.63, 3.8) is 0 Å². The van der Waals surface area contributed by atoms with Crippen molar-refractivity contribution < 1.29 is 0 Å². The van der Waals surface area contributed by atoms with Gasteiger partial charge in [-0.2, -0.15) is 0 Å². The molecule has 1 aliphatic carbocycles. The van der Waals surface area contributed by atoms with Crippen LogP contribution in [-0.4, -0.2) is 0 Å². The molecular formula is C50H35N3. The van der Waals surface area contributed by atoms with E-state index < -0.39 is 5.41 Å². The third-order valence-electron chi connectivity index (χ3n) is 11.4. The second kappa shape index (κ2) is 11.6. The molecule has 0 saturated carbocycles. The summed E-state index contributed by atoms with van der Waals surface area (Å²) in [6.45, 7) is 0. The Bertz CT molecular complexity index is 2650. The molecule has 8 aromatic carbocycles. The number of hydrogen-bond acceptors (Lipinski definition) is 3. The van der Waals surface area contributed by atoms with Gasteiger partial charge >= 0.3 is 0 Å². The number of hydrogen-bond donors (Lipinski definition) is 1. The average Bonchev–Trinajstić information content (AvgIpc) is 3.77. The molecule has 0 aromatic heterocycles. The number of nitrogens with one attached hydrogen (secondary N) is 1. The van der Waals surface area contributed by atoms with Gasteiger partial charge in [-0.15, -0.1) is 0 Å². The molecule has 3 heteroatoms. The first kappa shape index (κ1) is 29.8. The molecule has 11 rings (SSSR count). The summed E-state index contributed by atoms with van der Waals surface area (Å²) in [6.07, 6.45) is -0.0132. The first-order valence-corrected chi connectivity index (χ1v) is 18.4. The maximum Gasteiger partial charge on any atom is 0.130 e. The summed E-state index contributed by atoms with van der Waals surface area (Å²) >= 11 is 0. The van der Waals surface area contributed by atoms with E-state index in [0.717, 1.165) is 22.7 Å². The lowest BCUT2D eigenvalue weighted by Gasteiger charge is -2.44. The molecule has 0 bridgehead atoms. The Kier molecular flexibility index (Phi) is 6.53. The van der Waals surface area contributed by atoms with Crippen molar-refractivity contribution >= 4 is 34.1 Å². The Hall–Kier alpha value is -6.84. The third-order valence-corrected chi connectivity index (χ3v) is 11.4. The predicted molar refractivity (Wildman–Crippen MR) is 219 cm³/mol. The van der Waals surface area contributed by atoms with E-state index in [1.165, 1.54) is 61.4 Å². The van der Waals surface area contributed by atoms with Gasteiger partial charge in [0.05, 0.1) is 16.8 Å². The molecule has 0 saturated heterocycles. The lowest BCUT2D eigenvalue weighted by atomic mass is 9.64. The van der Waals surface area contributed by atoms with Crippen molar-refractivity contribution in [2.75, 3.05) is 15.1 Å². The minimum absolute atomic E-state index is 0.0132. The van der Waals surface area contributed by atoms with Crippen LogP contribution in [0.25, 0.3) is 22.3 Å². The zero-order valence-electron chi connectivity index (χ0n) is 29.0. The molecule has 2 unspecified atom stereocenters. The van der Waals surface area contributed by atoms with Gasteiger partial charge in [-0.3, -0.25) is 0 Å². The number of anilines is 6. The number of para-hydroxylation sites is 3. The van der Waals surface area contributed by atoms with Crippen LogP contribution >= 0.6 is 0 Å². The van der Waals surface area contributed by atoms with Crippen molar-refractivity contribution in [1.82, 2.24) is 0 Å². The lowest BCUT2D eigenvalue weighted by molar-refractivity contribution is 0.720. The molecule has 3 aliphatic rings. The fraction of sp³-hybridized carbons (Fsp3) is 0.0400. The van der Waals surface area contributed by atoms with Crippen LogP contribution in [0.1, 0.15) is 34.0 Å². The minimum atomic E-state index is -0.521. The largest absolute Gasteiger partial charge is 0.359 e. The zero-order valence-corrected chi connectivity index (χ0v) is 29.0. The van der Waals surface area contributed by atoms with Gasteiger partial charge < -0.3 is 15.1 Å². The molecule has 3 nitrogen and oxygen atoms in total. The SMILES string of the molecule is c1ccc(-c2ccc(N(c3ccccc3)c3ccc4c(c3)C3(c5ccccc5-4)c4ccccc4N4c5c(cccc53)NC4c3ccccc3)cc2)cc1. The Labute approximate surface area is 310 Å². The van der Waals surface area contributed by atoms with Gasteiger partial charge in [-0.1, -0.05) is 152 Å². The number of fused-ring (bicyclic) bond motifs is 9. The molecule has 2 aliphatic heterocycles. The van der Waals surface area contributed by atoms with E-state index in [4.69, 9.17) is 0 Å². The molecule has 0 amide bonds. The highest BCUT2D eigenvalue weighted by Crippen LogP contribution is 2.66. The molecule has 53 heavy (non-hydrogen) atoms. The molecule has 2 atom stereocenters. The van der Waals surface area contributed by atoms with Gasteiger partial charge in [0, 0.05) is 22.7 Å². The topological polar surface area (TPSA) is 18.5 Å². The van der Waals surface area contributed by atoms with Gasteiger partial charge in [0.2, 0.25) is 0 Å². The Morgan fingerprint density at radius 1 is 0.434 bits per heavy atom. The molecule has 1 N–H and O–H groups in total. The van der Waals surface area contributed by atoms with Gasteiger partial charge in [-0.25, -0.2) is 0 Å². The smallest absolute Gasteiger partial charge is 0.130 e. The third kappa shape index (κ3) is 4.28. The minimum Gasteiger partial charge on any atom is -0.359 e. The summed E-state index contributed by atoms with van der Waals surface area (Å²) in [5, 5.41) is 3.93. The van der Waals surface area contributed by atoms with Crippen molar-refractivity contribution in [3.8, 4) is 22.3 Å². The van der Waals surface area contributed by atoms with Gasteiger partial charge in [-0.05, 0) is 98.6 Å². The van der Waals surface area contributed by atoms with E-state index in [2.05, 4.69) is 215 Å². The van der Waals surface area contributed by atoms with Crippen LogP contribution in [-0.2, 0) is 5.41 Å². The van der Waals surface area contributed by atoms with Crippen LogP contribution in [0.15, 0.2) is 200 Å². The lowest BCUT2D eigenvalue weighted by Crippen LogP contribution is -2.37. The quantitative estimate of drug-likeness (QED) is 0.196.